The first kappa shape index (κ1) is 19.7. The highest BCUT2D eigenvalue weighted by atomic mass is 16.4. The molecule has 3 nitrogen and oxygen atoms in total. The highest BCUT2D eigenvalue weighted by Gasteiger charge is 2.63. The van der Waals surface area contributed by atoms with Gasteiger partial charge in [-0.3, -0.25) is 4.79 Å². The van der Waals surface area contributed by atoms with Crippen LogP contribution >= 0.6 is 0 Å². The van der Waals surface area contributed by atoms with Gasteiger partial charge in [0, 0.05) is 6.42 Å². The minimum atomic E-state index is -0.686. The van der Waals surface area contributed by atoms with Gasteiger partial charge in [0.2, 0.25) is 0 Å². The third-order valence-electron chi connectivity index (χ3n) is 10.3. The summed E-state index contributed by atoms with van der Waals surface area (Å²) in [5.41, 5.74) is 0.452. The predicted molar refractivity (Wildman–Crippen MR) is 107 cm³/mol. The molecule has 4 saturated carbocycles. The second-order valence-corrected chi connectivity index (χ2v) is 11.1. The summed E-state index contributed by atoms with van der Waals surface area (Å²) in [6, 6.07) is 0. The van der Waals surface area contributed by atoms with Crippen molar-refractivity contribution in [2.24, 2.45) is 46.3 Å². The zero-order valence-corrected chi connectivity index (χ0v) is 17.6. The topological polar surface area (TPSA) is 57.5 Å². The van der Waals surface area contributed by atoms with E-state index in [-0.39, 0.29) is 17.9 Å². The molecule has 9 atom stereocenters. The van der Waals surface area contributed by atoms with E-state index in [2.05, 4.69) is 20.8 Å². The minimum absolute atomic E-state index is 0.00303. The maximum absolute atomic E-state index is 11.5. The summed E-state index contributed by atoms with van der Waals surface area (Å²) in [5, 5.41) is 20.6. The van der Waals surface area contributed by atoms with Gasteiger partial charge in [0.1, 0.15) is 0 Å². The maximum atomic E-state index is 11.5. The Labute approximate surface area is 165 Å². The molecule has 0 unspecified atom stereocenters. The standard InChI is InChI=1S/C24H40O3/c1-15(7-12-22(26)27)18-10-11-19-17-9-8-16-6-4-5-13-23(16,2)20(17)14-21(25)24(18,19)3/h15-21,25H,4-14H2,1-3H3,(H,26,27)/t15-,16-,17-,18+,19+,20-,21-,23-,24+/m0/s1. The van der Waals surface area contributed by atoms with Gasteiger partial charge in [-0.15, -0.1) is 0 Å². The second kappa shape index (κ2) is 7.04. The molecule has 4 rings (SSSR count). The van der Waals surface area contributed by atoms with E-state index in [9.17, 15) is 9.90 Å². The molecule has 0 radical (unpaired) electrons. The Balaban J connectivity index is 1.57. The van der Waals surface area contributed by atoms with E-state index in [0.717, 1.165) is 24.7 Å². The van der Waals surface area contributed by atoms with Crippen LogP contribution in [0.5, 0.6) is 0 Å². The summed E-state index contributed by atoms with van der Waals surface area (Å²) in [5.74, 6) is 3.21. The van der Waals surface area contributed by atoms with Gasteiger partial charge in [0.25, 0.3) is 0 Å². The van der Waals surface area contributed by atoms with Gasteiger partial charge in [-0.25, -0.2) is 0 Å². The van der Waals surface area contributed by atoms with E-state index < -0.39 is 5.97 Å². The van der Waals surface area contributed by atoms with E-state index in [0.29, 0.717) is 29.1 Å². The molecule has 0 aromatic rings. The summed E-state index contributed by atoms with van der Waals surface area (Å²) in [6.07, 6.45) is 12.6. The van der Waals surface area contributed by atoms with Gasteiger partial charge in [0.15, 0.2) is 0 Å². The molecule has 0 spiro atoms. The van der Waals surface area contributed by atoms with Crippen molar-refractivity contribution in [2.45, 2.75) is 97.5 Å². The van der Waals surface area contributed by atoms with Crippen molar-refractivity contribution in [3.05, 3.63) is 0 Å². The Morgan fingerprint density at radius 1 is 1.07 bits per heavy atom. The third-order valence-corrected chi connectivity index (χ3v) is 10.3. The van der Waals surface area contributed by atoms with E-state index in [4.69, 9.17) is 5.11 Å². The summed E-state index contributed by atoms with van der Waals surface area (Å²) < 4.78 is 0. The van der Waals surface area contributed by atoms with Crippen molar-refractivity contribution in [2.75, 3.05) is 0 Å². The number of fused-ring (bicyclic) bond motifs is 5. The van der Waals surface area contributed by atoms with Gasteiger partial charge in [0.05, 0.1) is 6.10 Å². The Bertz CT molecular complexity index is 574. The van der Waals surface area contributed by atoms with Crippen molar-refractivity contribution in [3.8, 4) is 0 Å². The molecule has 4 fully saturated rings. The van der Waals surface area contributed by atoms with E-state index in [1.54, 1.807) is 0 Å². The van der Waals surface area contributed by atoms with Crippen LogP contribution in [0.2, 0.25) is 0 Å². The first-order chi connectivity index (χ1) is 12.8. The average molecular weight is 377 g/mol. The zero-order chi connectivity index (χ0) is 19.4. The normalized spacial score (nSPS) is 50.4. The van der Waals surface area contributed by atoms with E-state index in [1.807, 2.05) is 0 Å². The molecule has 0 aromatic carbocycles. The quantitative estimate of drug-likeness (QED) is 0.680. The molecule has 27 heavy (non-hydrogen) atoms. The third kappa shape index (κ3) is 2.98. The number of hydrogen-bond donors (Lipinski definition) is 2. The van der Waals surface area contributed by atoms with Crippen LogP contribution in [0, 0.1) is 46.3 Å². The largest absolute Gasteiger partial charge is 0.481 e. The minimum Gasteiger partial charge on any atom is -0.481 e. The zero-order valence-electron chi connectivity index (χ0n) is 17.6. The molecule has 0 aromatic heterocycles. The highest BCUT2D eigenvalue weighted by molar-refractivity contribution is 5.66. The number of hydrogen-bond acceptors (Lipinski definition) is 2. The van der Waals surface area contributed by atoms with Crippen LogP contribution in [0.3, 0.4) is 0 Å². The molecule has 3 heteroatoms. The number of rotatable bonds is 4. The number of carboxylic acid groups (broad SMARTS) is 1. The fourth-order valence-corrected chi connectivity index (χ4v) is 8.77. The van der Waals surface area contributed by atoms with Gasteiger partial charge in [-0.2, -0.15) is 0 Å². The van der Waals surface area contributed by atoms with Crippen LogP contribution < -0.4 is 0 Å². The fourth-order valence-electron chi connectivity index (χ4n) is 8.77. The van der Waals surface area contributed by atoms with E-state index in [1.165, 1.54) is 51.4 Å². The molecular weight excluding hydrogens is 336 g/mol. The van der Waals surface area contributed by atoms with Gasteiger partial charge in [-0.1, -0.05) is 33.6 Å². The Kier molecular flexibility index (Phi) is 5.15. The molecule has 0 amide bonds. The fraction of sp³-hybridized carbons (Fsp3) is 0.958. The lowest BCUT2D eigenvalue weighted by atomic mass is 9.44. The lowest BCUT2D eigenvalue weighted by Crippen LogP contribution is -2.58. The molecule has 4 aliphatic carbocycles. The molecule has 0 heterocycles. The van der Waals surface area contributed by atoms with Crippen LogP contribution in [-0.2, 0) is 4.79 Å². The predicted octanol–water partition coefficient (Wildman–Crippen LogP) is 5.51. The van der Waals surface area contributed by atoms with Gasteiger partial charge in [-0.05, 0) is 97.7 Å². The molecule has 0 bridgehead atoms. The average Bonchev–Trinajstić information content (AvgIpc) is 2.99. The lowest BCUT2D eigenvalue weighted by Gasteiger charge is -2.62. The van der Waals surface area contributed by atoms with Crippen molar-refractivity contribution < 1.29 is 15.0 Å². The van der Waals surface area contributed by atoms with Crippen molar-refractivity contribution in [1.82, 2.24) is 0 Å². The Hall–Kier alpha value is -0.570. The van der Waals surface area contributed by atoms with Crippen LogP contribution in [0.1, 0.15) is 91.4 Å². The maximum Gasteiger partial charge on any atom is 0.303 e. The smallest absolute Gasteiger partial charge is 0.303 e. The van der Waals surface area contributed by atoms with Crippen LogP contribution in [0.4, 0.5) is 0 Å². The molecule has 2 N–H and O–H groups in total. The number of carbonyl (C=O) groups is 1. The number of aliphatic hydroxyl groups excluding tert-OH is 1. The first-order valence-electron chi connectivity index (χ1n) is 11.7. The summed E-state index contributed by atoms with van der Waals surface area (Å²) >= 11 is 0. The summed E-state index contributed by atoms with van der Waals surface area (Å²) in [6.45, 7) is 7.16. The summed E-state index contributed by atoms with van der Waals surface area (Å²) in [7, 11) is 0. The molecule has 0 aliphatic heterocycles. The molecule has 4 aliphatic rings. The van der Waals surface area contributed by atoms with Crippen molar-refractivity contribution in [1.29, 1.82) is 0 Å². The SMILES string of the molecule is C[C@@H](CCC(=O)O)[C@H]1CC[C@@H]2[C@@H]3CC[C@@H]4CCCC[C@]4(C)[C@H]3C[C@H](O)[C@@]21C. The summed E-state index contributed by atoms with van der Waals surface area (Å²) in [4.78, 5) is 11.1. The number of aliphatic hydroxyl groups is 1. The number of carboxylic acids is 1. The van der Waals surface area contributed by atoms with Crippen molar-refractivity contribution in [3.63, 3.8) is 0 Å². The number of aliphatic carboxylic acids is 1. The highest BCUT2D eigenvalue weighted by Crippen LogP contribution is 2.68. The second-order valence-electron chi connectivity index (χ2n) is 11.1. The van der Waals surface area contributed by atoms with Crippen LogP contribution in [0.25, 0.3) is 0 Å². The molecule has 0 saturated heterocycles. The van der Waals surface area contributed by atoms with Crippen LogP contribution in [0.15, 0.2) is 0 Å². The first-order valence-corrected chi connectivity index (χ1v) is 11.7. The monoisotopic (exact) mass is 376 g/mol. The Morgan fingerprint density at radius 2 is 1.85 bits per heavy atom. The molecular formula is C24H40O3. The van der Waals surface area contributed by atoms with Crippen molar-refractivity contribution >= 4 is 5.97 Å². The van der Waals surface area contributed by atoms with Gasteiger partial charge >= 0.3 is 5.97 Å². The van der Waals surface area contributed by atoms with Gasteiger partial charge < -0.3 is 10.2 Å². The Morgan fingerprint density at radius 3 is 2.59 bits per heavy atom. The van der Waals surface area contributed by atoms with E-state index >= 15 is 0 Å². The molecule has 154 valence electrons. The lowest BCUT2D eigenvalue weighted by molar-refractivity contribution is -0.168. The van der Waals surface area contributed by atoms with Crippen LogP contribution in [-0.4, -0.2) is 22.3 Å².